The molecule has 4 nitrogen and oxygen atoms in total. The predicted molar refractivity (Wildman–Crippen MR) is 117 cm³/mol. The van der Waals surface area contributed by atoms with Crippen LogP contribution in [0.3, 0.4) is 0 Å². The van der Waals surface area contributed by atoms with E-state index < -0.39 is 5.72 Å². The first kappa shape index (κ1) is 18.9. The zero-order valence-electron chi connectivity index (χ0n) is 17.0. The highest BCUT2D eigenvalue weighted by Crippen LogP contribution is 2.41. The number of ether oxygens (including phenoxy) is 1. The Morgan fingerprint density at radius 3 is 2.20 bits per heavy atom. The largest absolute Gasteiger partial charge is 0.467 e. The molecule has 3 aromatic carbocycles. The minimum Gasteiger partial charge on any atom is -0.467 e. The topological polar surface area (TPSA) is 41.6 Å². The fourth-order valence-corrected chi connectivity index (χ4v) is 4.62. The SMILES string of the molecule is O=C1c2c(Cc3ccccc3)cccc2OC2(CCNCC2)N1Cc1ccccc1. The van der Waals surface area contributed by atoms with Gasteiger partial charge in [-0.2, -0.15) is 0 Å². The highest BCUT2D eigenvalue weighted by Gasteiger charge is 2.48. The highest BCUT2D eigenvalue weighted by atomic mass is 16.5. The maximum atomic E-state index is 13.9. The summed E-state index contributed by atoms with van der Waals surface area (Å²) in [5, 5.41) is 3.41. The summed E-state index contributed by atoms with van der Waals surface area (Å²) in [6.45, 7) is 2.24. The number of hydrogen-bond acceptors (Lipinski definition) is 3. The van der Waals surface area contributed by atoms with Gasteiger partial charge in [0.25, 0.3) is 5.91 Å². The van der Waals surface area contributed by atoms with Crippen molar-refractivity contribution in [3.8, 4) is 5.75 Å². The molecular weight excluding hydrogens is 372 g/mol. The lowest BCUT2D eigenvalue weighted by molar-refractivity contribution is -0.0984. The molecule has 0 bridgehead atoms. The van der Waals surface area contributed by atoms with Gasteiger partial charge in [-0.15, -0.1) is 0 Å². The molecule has 1 N–H and O–H groups in total. The Bertz CT molecular complexity index is 1030. The molecule has 2 aliphatic heterocycles. The van der Waals surface area contributed by atoms with Crippen molar-refractivity contribution in [3.63, 3.8) is 0 Å². The van der Waals surface area contributed by atoms with Crippen LogP contribution in [-0.4, -0.2) is 29.6 Å². The average Bonchev–Trinajstić information content (AvgIpc) is 2.79. The Labute approximate surface area is 177 Å². The molecule has 3 aromatic rings. The number of nitrogens with one attached hydrogen (secondary N) is 1. The number of carbonyl (C=O) groups is 1. The smallest absolute Gasteiger partial charge is 0.261 e. The van der Waals surface area contributed by atoms with Crippen LogP contribution in [0.4, 0.5) is 0 Å². The molecule has 152 valence electrons. The molecule has 4 heteroatoms. The lowest BCUT2D eigenvalue weighted by atomic mass is 9.91. The van der Waals surface area contributed by atoms with Gasteiger partial charge in [0.15, 0.2) is 5.72 Å². The van der Waals surface area contributed by atoms with Crippen molar-refractivity contribution < 1.29 is 9.53 Å². The summed E-state index contributed by atoms with van der Waals surface area (Å²) >= 11 is 0. The maximum absolute atomic E-state index is 13.9. The van der Waals surface area contributed by atoms with Crippen molar-refractivity contribution in [2.45, 2.75) is 31.5 Å². The number of rotatable bonds is 4. The van der Waals surface area contributed by atoms with Crippen molar-refractivity contribution in [2.75, 3.05) is 13.1 Å². The molecule has 0 saturated carbocycles. The second kappa shape index (κ2) is 7.96. The minimum absolute atomic E-state index is 0.0773. The van der Waals surface area contributed by atoms with Gasteiger partial charge in [-0.1, -0.05) is 72.8 Å². The molecule has 5 rings (SSSR count). The van der Waals surface area contributed by atoms with E-state index in [9.17, 15) is 4.79 Å². The molecule has 2 heterocycles. The van der Waals surface area contributed by atoms with Gasteiger partial charge in [0, 0.05) is 32.5 Å². The van der Waals surface area contributed by atoms with Crippen molar-refractivity contribution in [2.24, 2.45) is 0 Å². The fourth-order valence-electron chi connectivity index (χ4n) is 4.62. The molecule has 1 fully saturated rings. The zero-order chi connectivity index (χ0) is 20.4. The first-order chi connectivity index (χ1) is 14.8. The summed E-state index contributed by atoms with van der Waals surface area (Å²) in [7, 11) is 0. The lowest BCUT2D eigenvalue weighted by Crippen LogP contribution is -2.62. The normalized spacial score (nSPS) is 17.5. The van der Waals surface area contributed by atoms with E-state index in [1.165, 1.54) is 5.56 Å². The van der Waals surface area contributed by atoms with E-state index in [0.717, 1.165) is 42.8 Å². The molecule has 0 aliphatic carbocycles. The Morgan fingerprint density at radius 1 is 0.833 bits per heavy atom. The van der Waals surface area contributed by atoms with Crippen molar-refractivity contribution >= 4 is 5.91 Å². The molecule has 1 saturated heterocycles. The number of hydrogen-bond donors (Lipinski definition) is 1. The molecule has 0 unspecified atom stereocenters. The van der Waals surface area contributed by atoms with E-state index >= 15 is 0 Å². The molecule has 1 amide bonds. The van der Waals surface area contributed by atoms with Gasteiger partial charge >= 0.3 is 0 Å². The molecule has 2 aliphatic rings. The predicted octanol–water partition coefficient (Wildman–Crippen LogP) is 4.39. The van der Waals surface area contributed by atoms with E-state index in [0.29, 0.717) is 18.5 Å². The van der Waals surface area contributed by atoms with Gasteiger partial charge in [0.1, 0.15) is 5.75 Å². The van der Waals surface area contributed by atoms with Crippen LogP contribution in [0.25, 0.3) is 0 Å². The molecule has 0 aromatic heterocycles. The van der Waals surface area contributed by atoms with Crippen molar-refractivity contribution in [1.82, 2.24) is 10.2 Å². The third kappa shape index (κ3) is 3.48. The van der Waals surface area contributed by atoms with Crippen LogP contribution in [0.5, 0.6) is 5.75 Å². The van der Waals surface area contributed by atoms with Gasteiger partial charge in [-0.3, -0.25) is 9.69 Å². The van der Waals surface area contributed by atoms with E-state index in [4.69, 9.17) is 4.74 Å². The van der Waals surface area contributed by atoms with Gasteiger partial charge in [-0.25, -0.2) is 0 Å². The summed E-state index contributed by atoms with van der Waals surface area (Å²) in [6.07, 6.45) is 2.29. The molecule has 1 spiro atoms. The number of piperidine rings is 1. The van der Waals surface area contributed by atoms with Crippen LogP contribution in [0, 0.1) is 0 Å². The maximum Gasteiger partial charge on any atom is 0.261 e. The number of fused-ring (bicyclic) bond motifs is 1. The quantitative estimate of drug-likeness (QED) is 0.709. The van der Waals surface area contributed by atoms with Crippen LogP contribution < -0.4 is 10.1 Å². The Hall–Kier alpha value is -3.11. The number of amides is 1. The average molecular weight is 399 g/mol. The van der Waals surface area contributed by atoms with Gasteiger partial charge < -0.3 is 10.1 Å². The standard InChI is InChI=1S/C26H26N2O2/c29-25-24-22(18-20-8-3-1-4-9-20)12-7-13-23(24)30-26(14-16-27-17-15-26)28(25)19-21-10-5-2-6-11-21/h1-13,27H,14-19H2. The Kier molecular flexibility index (Phi) is 5.01. The highest BCUT2D eigenvalue weighted by molar-refractivity contribution is 6.00. The second-order valence-corrected chi connectivity index (χ2v) is 8.13. The van der Waals surface area contributed by atoms with E-state index in [1.807, 2.05) is 59.5 Å². The van der Waals surface area contributed by atoms with Crippen LogP contribution >= 0.6 is 0 Å². The summed E-state index contributed by atoms with van der Waals surface area (Å²) in [4.78, 5) is 15.9. The van der Waals surface area contributed by atoms with Crippen LogP contribution in [0.1, 0.15) is 39.9 Å². The summed E-state index contributed by atoms with van der Waals surface area (Å²) in [5.41, 5.74) is 3.45. The monoisotopic (exact) mass is 398 g/mol. The summed E-state index contributed by atoms with van der Waals surface area (Å²) in [6, 6.07) is 26.5. The minimum atomic E-state index is -0.587. The zero-order valence-corrected chi connectivity index (χ0v) is 17.0. The molecular formula is C26H26N2O2. The second-order valence-electron chi connectivity index (χ2n) is 8.13. The summed E-state index contributed by atoms with van der Waals surface area (Å²) < 4.78 is 6.66. The Morgan fingerprint density at radius 2 is 1.50 bits per heavy atom. The van der Waals surface area contributed by atoms with E-state index in [-0.39, 0.29) is 5.91 Å². The fraction of sp³-hybridized carbons (Fsp3) is 0.269. The van der Waals surface area contributed by atoms with Gasteiger partial charge in [-0.05, 0) is 29.2 Å². The summed E-state index contributed by atoms with van der Waals surface area (Å²) in [5.74, 6) is 0.799. The lowest BCUT2D eigenvalue weighted by Gasteiger charge is -2.49. The first-order valence-corrected chi connectivity index (χ1v) is 10.7. The number of carbonyl (C=O) groups excluding carboxylic acids is 1. The van der Waals surface area contributed by atoms with E-state index in [2.05, 4.69) is 29.6 Å². The molecule has 30 heavy (non-hydrogen) atoms. The van der Waals surface area contributed by atoms with Crippen molar-refractivity contribution in [1.29, 1.82) is 0 Å². The van der Waals surface area contributed by atoms with Crippen molar-refractivity contribution in [3.05, 3.63) is 101 Å². The van der Waals surface area contributed by atoms with Crippen LogP contribution in [-0.2, 0) is 13.0 Å². The number of nitrogens with zero attached hydrogens (tertiary/aromatic N) is 1. The third-order valence-electron chi connectivity index (χ3n) is 6.17. The number of benzene rings is 3. The third-order valence-corrected chi connectivity index (χ3v) is 6.17. The Balaban J connectivity index is 1.56. The molecule has 0 radical (unpaired) electrons. The van der Waals surface area contributed by atoms with Gasteiger partial charge in [0.2, 0.25) is 0 Å². The molecule has 0 atom stereocenters. The van der Waals surface area contributed by atoms with E-state index in [1.54, 1.807) is 0 Å². The van der Waals surface area contributed by atoms with Gasteiger partial charge in [0.05, 0.1) is 5.56 Å². The first-order valence-electron chi connectivity index (χ1n) is 10.7. The van der Waals surface area contributed by atoms with Crippen LogP contribution in [0.15, 0.2) is 78.9 Å². The van der Waals surface area contributed by atoms with Crippen LogP contribution in [0.2, 0.25) is 0 Å².